The zero-order valence-corrected chi connectivity index (χ0v) is 10.4. The molecule has 0 amide bonds. The van der Waals surface area contributed by atoms with Gasteiger partial charge in [0.2, 0.25) is 0 Å². The van der Waals surface area contributed by atoms with Crippen molar-refractivity contribution in [3.8, 4) is 0 Å². The van der Waals surface area contributed by atoms with E-state index >= 15 is 0 Å². The molecular formula is C16H21N. The Kier molecular flexibility index (Phi) is 3.17. The van der Waals surface area contributed by atoms with Gasteiger partial charge in [-0.1, -0.05) is 18.2 Å². The van der Waals surface area contributed by atoms with Crippen molar-refractivity contribution in [1.29, 1.82) is 0 Å². The summed E-state index contributed by atoms with van der Waals surface area (Å²) >= 11 is 0. The van der Waals surface area contributed by atoms with Crippen LogP contribution in [-0.4, -0.2) is 6.54 Å². The fourth-order valence-corrected chi connectivity index (χ4v) is 2.99. The standard InChI is InChI=1S/C16H21N/c1-2-5-13(6-3-1)12-17-16-10-9-14-7-4-8-15(14)11-16/h1-2,9-11,13,17H,3-8,12H2. The molecule has 1 N–H and O–H groups in total. The second-order valence-corrected chi connectivity index (χ2v) is 5.37. The van der Waals surface area contributed by atoms with Gasteiger partial charge in [0, 0.05) is 12.2 Å². The van der Waals surface area contributed by atoms with Gasteiger partial charge in [-0.15, -0.1) is 0 Å². The molecule has 3 rings (SSSR count). The zero-order chi connectivity index (χ0) is 11.5. The van der Waals surface area contributed by atoms with E-state index in [1.54, 1.807) is 11.1 Å². The average molecular weight is 227 g/mol. The summed E-state index contributed by atoms with van der Waals surface area (Å²) in [6, 6.07) is 6.93. The van der Waals surface area contributed by atoms with Gasteiger partial charge in [-0.05, 0) is 67.7 Å². The summed E-state index contributed by atoms with van der Waals surface area (Å²) in [6.07, 6.45) is 12.4. The summed E-state index contributed by atoms with van der Waals surface area (Å²) in [5.41, 5.74) is 4.45. The van der Waals surface area contributed by atoms with Gasteiger partial charge >= 0.3 is 0 Å². The highest BCUT2D eigenvalue weighted by molar-refractivity contribution is 5.50. The Morgan fingerprint density at radius 1 is 1.12 bits per heavy atom. The van der Waals surface area contributed by atoms with E-state index in [9.17, 15) is 0 Å². The molecule has 0 radical (unpaired) electrons. The van der Waals surface area contributed by atoms with Crippen molar-refractivity contribution < 1.29 is 0 Å². The molecule has 1 aromatic rings. The van der Waals surface area contributed by atoms with Crippen LogP contribution in [0.15, 0.2) is 30.4 Å². The van der Waals surface area contributed by atoms with E-state index in [0.717, 1.165) is 12.5 Å². The number of hydrogen-bond donors (Lipinski definition) is 1. The molecule has 0 saturated carbocycles. The fraction of sp³-hybridized carbons (Fsp3) is 0.500. The maximum Gasteiger partial charge on any atom is 0.0343 e. The van der Waals surface area contributed by atoms with Crippen LogP contribution in [-0.2, 0) is 12.8 Å². The fourth-order valence-electron chi connectivity index (χ4n) is 2.99. The minimum absolute atomic E-state index is 0.827. The lowest BCUT2D eigenvalue weighted by atomic mass is 9.94. The van der Waals surface area contributed by atoms with E-state index in [1.165, 1.54) is 44.2 Å². The van der Waals surface area contributed by atoms with Crippen LogP contribution in [0.3, 0.4) is 0 Å². The lowest BCUT2D eigenvalue weighted by molar-refractivity contribution is 0.504. The molecule has 2 aliphatic rings. The van der Waals surface area contributed by atoms with E-state index in [4.69, 9.17) is 0 Å². The first-order chi connectivity index (χ1) is 8.42. The van der Waals surface area contributed by atoms with Gasteiger partial charge < -0.3 is 5.32 Å². The van der Waals surface area contributed by atoms with Crippen molar-refractivity contribution in [3.63, 3.8) is 0 Å². The molecule has 0 aromatic heterocycles. The molecule has 0 saturated heterocycles. The van der Waals surface area contributed by atoms with E-state index in [1.807, 2.05) is 0 Å². The molecule has 2 aliphatic carbocycles. The molecule has 0 bridgehead atoms. The second-order valence-electron chi connectivity index (χ2n) is 5.37. The third-order valence-electron chi connectivity index (χ3n) is 4.07. The number of benzene rings is 1. The van der Waals surface area contributed by atoms with Crippen LogP contribution in [0.1, 0.15) is 36.8 Å². The third-order valence-corrected chi connectivity index (χ3v) is 4.07. The van der Waals surface area contributed by atoms with Gasteiger partial charge in [-0.3, -0.25) is 0 Å². The predicted octanol–water partition coefficient (Wildman–Crippen LogP) is 3.94. The first kappa shape index (κ1) is 10.9. The Morgan fingerprint density at radius 3 is 2.94 bits per heavy atom. The van der Waals surface area contributed by atoms with Crippen molar-refractivity contribution in [2.75, 3.05) is 11.9 Å². The molecule has 1 heteroatoms. The van der Waals surface area contributed by atoms with E-state index in [0.29, 0.717) is 0 Å². The first-order valence-electron chi connectivity index (χ1n) is 6.92. The summed E-state index contributed by atoms with van der Waals surface area (Å²) in [5, 5.41) is 3.61. The lowest BCUT2D eigenvalue weighted by Crippen LogP contribution is -2.15. The van der Waals surface area contributed by atoms with Gasteiger partial charge in [0.25, 0.3) is 0 Å². The van der Waals surface area contributed by atoms with Crippen molar-refractivity contribution in [2.45, 2.75) is 38.5 Å². The highest BCUT2D eigenvalue weighted by Crippen LogP contribution is 2.25. The van der Waals surface area contributed by atoms with E-state index < -0.39 is 0 Å². The molecule has 17 heavy (non-hydrogen) atoms. The van der Waals surface area contributed by atoms with Gasteiger partial charge in [-0.2, -0.15) is 0 Å². The summed E-state index contributed by atoms with van der Waals surface area (Å²) in [7, 11) is 0. The van der Waals surface area contributed by atoms with Crippen molar-refractivity contribution in [3.05, 3.63) is 41.5 Å². The Hall–Kier alpha value is -1.24. The molecule has 0 aliphatic heterocycles. The smallest absolute Gasteiger partial charge is 0.0343 e. The van der Waals surface area contributed by atoms with Gasteiger partial charge in [0.15, 0.2) is 0 Å². The van der Waals surface area contributed by atoms with Crippen molar-refractivity contribution in [2.24, 2.45) is 5.92 Å². The quantitative estimate of drug-likeness (QED) is 0.771. The summed E-state index contributed by atoms with van der Waals surface area (Å²) in [4.78, 5) is 0. The number of hydrogen-bond acceptors (Lipinski definition) is 1. The zero-order valence-electron chi connectivity index (χ0n) is 10.4. The number of rotatable bonds is 3. The lowest BCUT2D eigenvalue weighted by Gasteiger charge is -2.19. The van der Waals surface area contributed by atoms with Crippen molar-refractivity contribution in [1.82, 2.24) is 0 Å². The number of allylic oxidation sites excluding steroid dienone is 2. The molecule has 0 fully saturated rings. The van der Waals surface area contributed by atoms with Gasteiger partial charge in [0.1, 0.15) is 0 Å². The number of anilines is 1. The molecule has 0 heterocycles. The SMILES string of the molecule is C1=CCC(CNc2ccc3c(c2)CCC3)CC1. The molecule has 1 unspecified atom stereocenters. The normalized spacial score (nSPS) is 22.5. The summed E-state index contributed by atoms with van der Waals surface area (Å²) in [5.74, 6) is 0.827. The maximum atomic E-state index is 3.61. The molecule has 1 aromatic carbocycles. The molecule has 0 spiro atoms. The predicted molar refractivity (Wildman–Crippen MR) is 73.4 cm³/mol. The highest BCUT2D eigenvalue weighted by Gasteiger charge is 2.12. The van der Waals surface area contributed by atoms with Crippen molar-refractivity contribution >= 4 is 5.69 Å². The Bertz CT molecular complexity index is 420. The van der Waals surface area contributed by atoms with E-state index in [-0.39, 0.29) is 0 Å². The van der Waals surface area contributed by atoms with Crippen LogP contribution in [0.5, 0.6) is 0 Å². The molecule has 90 valence electrons. The van der Waals surface area contributed by atoms with Crippen LogP contribution >= 0.6 is 0 Å². The molecule has 1 nitrogen and oxygen atoms in total. The largest absolute Gasteiger partial charge is 0.385 e. The number of aryl methyl sites for hydroxylation is 2. The number of nitrogens with one attached hydrogen (secondary N) is 1. The Balaban J connectivity index is 1.59. The summed E-state index contributed by atoms with van der Waals surface area (Å²) in [6.45, 7) is 1.13. The topological polar surface area (TPSA) is 12.0 Å². The first-order valence-corrected chi connectivity index (χ1v) is 6.92. The Morgan fingerprint density at radius 2 is 2.06 bits per heavy atom. The highest BCUT2D eigenvalue weighted by atomic mass is 14.9. The second kappa shape index (κ2) is 4.95. The van der Waals surface area contributed by atoms with Crippen LogP contribution in [0.2, 0.25) is 0 Å². The summed E-state index contributed by atoms with van der Waals surface area (Å²) < 4.78 is 0. The van der Waals surface area contributed by atoms with Crippen LogP contribution < -0.4 is 5.32 Å². The minimum atomic E-state index is 0.827. The monoisotopic (exact) mass is 227 g/mol. The Labute approximate surface area is 104 Å². The van der Waals surface area contributed by atoms with Crippen LogP contribution in [0.4, 0.5) is 5.69 Å². The molecule has 1 atom stereocenters. The number of fused-ring (bicyclic) bond motifs is 1. The minimum Gasteiger partial charge on any atom is -0.385 e. The average Bonchev–Trinajstić information content (AvgIpc) is 2.85. The van der Waals surface area contributed by atoms with Gasteiger partial charge in [-0.25, -0.2) is 0 Å². The van der Waals surface area contributed by atoms with Crippen LogP contribution in [0.25, 0.3) is 0 Å². The molecular weight excluding hydrogens is 206 g/mol. The van der Waals surface area contributed by atoms with E-state index in [2.05, 4.69) is 35.7 Å². The maximum absolute atomic E-state index is 3.61. The third kappa shape index (κ3) is 2.54. The van der Waals surface area contributed by atoms with Gasteiger partial charge in [0.05, 0.1) is 0 Å². The van der Waals surface area contributed by atoms with Crippen LogP contribution in [0, 0.1) is 5.92 Å².